The van der Waals surface area contributed by atoms with Gasteiger partial charge in [0.25, 0.3) is 0 Å². The summed E-state index contributed by atoms with van der Waals surface area (Å²) in [6, 6.07) is 0. The van der Waals surface area contributed by atoms with Crippen molar-refractivity contribution in [1.29, 1.82) is 0 Å². The van der Waals surface area contributed by atoms with Gasteiger partial charge >= 0.3 is 10.4 Å². The summed E-state index contributed by atoms with van der Waals surface area (Å²) in [5, 5.41) is 0. The van der Waals surface area contributed by atoms with Crippen LogP contribution < -0.4 is 0 Å². The summed E-state index contributed by atoms with van der Waals surface area (Å²) >= 11 is 16.2. The average molecular weight is 398 g/mol. The van der Waals surface area contributed by atoms with Crippen LogP contribution in [0.3, 0.4) is 0 Å². The third-order valence-corrected chi connectivity index (χ3v) is 4.28. The summed E-state index contributed by atoms with van der Waals surface area (Å²) in [7, 11) is -4.08. The molecule has 0 saturated heterocycles. The highest BCUT2D eigenvalue weighted by Gasteiger charge is 2.24. The van der Waals surface area contributed by atoms with Gasteiger partial charge in [0, 0.05) is 0 Å². The number of rotatable bonds is 14. The molecule has 0 rings (SSSR count). The lowest BCUT2D eigenvalue weighted by atomic mass is 10.1. The molecule has 0 aromatic rings. The fourth-order valence-corrected chi connectivity index (χ4v) is 2.99. The van der Waals surface area contributed by atoms with Gasteiger partial charge in [-0.1, -0.05) is 99.5 Å². The monoisotopic (exact) mass is 396 g/mol. The smallest absolute Gasteiger partial charge is 0.248 e. The first-order chi connectivity index (χ1) is 10.3. The lowest BCUT2D eigenvalue weighted by Crippen LogP contribution is -2.19. The first kappa shape index (κ1) is 22.7. The molecule has 0 atom stereocenters. The Labute approximate surface area is 150 Å². The maximum atomic E-state index is 11.3. The molecule has 0 saturated carbocycles. The van der Waals surface area contributed by atoms with E-state index in [4.69, 9.17) is 34.8 Å². The quantitative estimate of drug-likeness (QED) is 0.284. The highest BCUT2D eigenvalue weighted by molar-refractivity contribution is 7.81. The van der Waals surface area contributed by atoms with Crippen molar-refractivity contribution >= 4 is 45.2 Å². The lowest BCUT2D eigenvalue weighted by Gasteiger charge is -2.11. The van der Waals surface area contributed by atoms with Gasteiger partial charge in [0.05, 0.1) is 6.61 Å². The predicted molar refractivity (Wildman–Crippen MR) is 93.0 cm³/mol. The average Bonchev–Trinajstić information content (AvgIpc) is 2.42. The molecule has 0 aliphatic heterocycles. The normalized spacial score (nSPS) is 12.7. The Hall–Kier alpha value is 0.740. The van der Waals surface area contributed by atoms with Crippen LogP contribution >= 0.6 is 34.8 Å². The minimum atomic E-state index is -4.08. The van der Waals surface area contributed by atoms with Crippen molar-refractivity contribution in [3.05, 3.63) is 0 Å². The maximum absolute atomic E-state index is 11.3. The van der Waals surface area contributed by atoms with Crippen molar-refractivity contribution in [1.82, 2.24) is 0 Å². The largest absolute Gasteiger partial charge is 0.400 e. The summed E-state index contributed by atoms with van der Waals surface area (Å²) < 4.78 is 30.0. The van der Waals surface area contributed by atoms with Crippen molar-refractivity contribution in [2.75, 3.05) is 13.2 Å². The van der Waals surface area contributed by atoms with Gasteiger partial charge in [-0.25, -0.2) is 8.37 Å². The van der Waals surface area contributed by atoms with E-state index >= 15 is 0 Å². The molecule has 0 radical (unpaired) electrons. The summed E-state index contributed by atoms with van der Waals surface area (Å²) in [6.45, 7) is 1.75. The standard InChI is InChI=1S/C14H27Cl3O4S/c1-2-3-4-5-6-7-8-9-10-11-12-20-22(18,19)21-13-14(15,16)17/h2-13H2,1H3. The third kappa shape index (κ3) is 17.1. The molecule has 0 aliphatic carbocycles. The fraction of sp³-hybridized carbons (Fsp3) is 1.00. The molecule has 0 heterocycles. The van der Waals surface area contributed by atoms with Crippen LogP contribution in [0.5, 0.6) is 0 Å². The lowest BCUT2D eigenvalue weighted by molar-refractivity contribution is 0.214. The molecule has 22 heavy (non-hydrogen) atoms. The molecule has 0 fully saturated rings. The third-order valence-electron chi connectivity index (χ3n) is 3.09. The van der Waals surface area contributed by atoms with E-state index in [9.17, 15) is 8.42 Å². The predicted octanol–water partition coefficient (Wildman–Crippen LogP) is 5.56. The molecule has 0 aromatic carbocycles. The van der Waals surface area contributed by atoms with Crippen molar-refractivity contribution in [2.24, 2.45) is 0 Å². The topological polar surface area (TPSA) is 52.6 Å². The first-order valence-corrected chi connectivity index (χ1v) is 10.3. The van der Waals surface area contributed by atoms with Crippen LogP contribution in [-0.2, 0) is 18.8 Å². The molecule has 0 aliphatic rings. The zero-order chi connectivity index (χ0) is 16.9. The molecular formula is C14H27Cl3O4S. The van der Waals surface area contributed by atoms with Gasteiger partial charge in [0.2, 0.25) is 3.79 Å². The Morgan fingerprint density at radius 1 is 0.773 bits per heavy atom. The summed E-state index contributed by atoms with van der Waals surface area (Å²) in [5.74, 6) is 0. The van der Waals surface area contributed by atoms with Crippen molar-refractivity contribution in [2.45, 2.75) is 74.9 Å². The number of alkyl halides is 3. The highest BCUT2D eigenvalue weighted by atomic mass is 35.6. The minimum Gasteiger partial charge on any atom is -0.248 e. The Bertz CT molecular complexity index is 356. The van der Waals surface area contributed by atoms with Crippen molar-refractivity contribution in [3.63, 3.8) is 0 Å². The molecule has 0 unspecified atom stereocenters. The number of hydrogen-bond acceptors (Lipinski definition) is 4. The van der Waals surface area contributed by atoms with E-state index in [1.807, 2.05) is 0 Å². The Kier molecular flexibility index (Phi) is 13.5. The molecule has 0 spiro atoms. The number of halogens is 3. The maximum Gasteiger partial charge on any atom is 0.400 e. The Balaban J connectivity index is 3.42. The van der Waals surface area contributed by atoms with Crippen LogP contribution in [0.15, 0.2) is 0 Å². The molecule has 0 amide bonds. The van der Waals surface area contributed by atoms with E-state index < -0.39 is 20.8 Å². The van der Waals surface area contributed by atoms with Crippen molar-refractivity contribution in [3.8, 4) is 0 Å². The summed E-state index contributed by atoms with van der Waals surface area (Å²) in [5.41, 5.74) is 0. The van der Waals surface area contributed by atoms with Gasteiger partial charge in [0.15, 0.2) is 0 Å². The molecule has 0 aromatic heterocycles. The zero-order valence-corrected chi connectivity index (χ0v) is 16.2. The molecule has 0 bridgehead atoms. The second-order valence-corrected chi connectivity index (χ2v) is 9.09. The van der Waals surface area contributed by atoms with E-state index in [0.29, 0.717) is 6.42 Å². The summed E-state index contributed by atoms with van der Waals surface area (Å²) in [6.07, 6.45) is 11.7. The van der Waals surface area contributed by atoms with Gasteiger partial charge in [-0.15, -0.1) is 0 Å². The van der Waals surface area contributed by atoms with E-state index in [0.717, 1.165) is 12.8 Å². The minimum absolute atomic E-state index is 0.0959. The fourth-order valence-electron chi connectivity index (χ4n) is 1.92. The second-order valence-electron chi connectivity index (χ2n) is 5.29. The van der Waals surface area contributed by atoms with Gasteiger partial charge in [-0.2, -0.15) is 8.42 Å². The summed E-state index contributed by atoms with van der Waals surface area (Å²) in [4.78, 5) is 0. The van der Waals surface area contributed by atoms with Gasteiger partial charge in [-0.05, 0) is 6.42 Å². The van der Waals surface area contributed by atoms with Crippen LogP contribution in [-0.4, -0.2) is 25.4 Å². The SMILES string of the molecule is CCCCCCCCCCCCOS(=O)(=O)OCC(Cl)(Cl)Cl. The second kappa shape index (κ2) is 13.1. The molecule has 0 N–H and O–H groups in total. The first-order valence-electron chi connectivity index (χ1n) is 7.87. The van der Waals surface area contributed by atoms with Crippen LogP contribution in [0, 0.1) is 0 Å². The van der Waals surface area contributed by atoms with Crippen LogP contribution in [0.25, 0.3) is 0 Å². The highest BCUT2D eigenvalue weighted by Crippen LogP contribution is 2.26. The van der Waals surface area contributed by atoms with Crippen LogP contribution in [0.4, 0.5) is 0 Å². The van der Waals surface area contributed by atoms with Gasteiger partial charge in [-0.3, -0.25) is 0 Å². The van der Waals surface area contributed by atoms with Gasteiger partial charge in [0.1, 0.15) is 6.61 Å². The van der Waals surface area contributed by atoms with E-state index in [1.54, 1.807) is 0 Å². The van der Waals surface area contributed by atoms with E-state index in [1.165, 1.54) is 44.9 Å². The molecule has 4 nitrogen and oxygen atoms in total. The van der Waals surface area contributed by atoms with E-state index in [-0.39, 0.29) is 6.61 Å². The van der Waals surface area contributed by atoms with Crippen molar-refractivity contribution < 1.29 is 16.8 Å². The van der Waals surface area contributed by atoms with Crippen LogP contribution in [0.1, 0.15) is 71.1 Å². The Morgan fingerprint density at radius 3 is 1.68 bits per heavy atom. The molecule has 8 heteroatoms. The molecular weight excluding hydrogens is 371 g/mol. The Morgan fingerprint density at radius 2 is 1.23 bits per heavy atom. The van der Waals surface area contributed by atoms with Gasteiger partial charge < -0.3 is 0 Å². The van der Waals surface area contributed by atoms with Crippen LogP contribution in [0.2, 0.25) is 0 Å². The zero-order valence-electron chi connectivity index (χ0n) is 13.2. The van der Waals surface area contributed by atoms with E-state index in [2.05, 4.69) is 15.3 Å². The number of unbranched alkanes of at least 4 members (excludes halogenated alkanes) is 9. The molecule has 134 valence electrons. The number of hydrogen-bond donors (Lipinski definition) is 0.